The number of rotatable bonds is 3. The third kappa shape index (κ3) is 3.62. The summed E-state index contributed by atoms with van der Waals surface area (Å²) in [5.74, 6) is 4.36. The number of nitrogen functional groups attached to an aromatic ring is 1. The Kier molecular flexibility index (Phi) is 5.00. The predicted octanol–water partition coefficient (Wildman–Crippen LogP) is 3.83. The number of halogens is 4. The molecule has 0 aliphatic carbocycles. The van der Waals surface area contributed by atoms with Crippen molar-refractivity contribution >= 4 is 56.5 Å². The van der Waals surface area contributed by atoms with Gasteiger partial charge in [0.25, 0.3) is 5.91 Å². The second-order valence-electron chi connectivity index (χ2n) is 3.87. The van der Waals surface area contributed by atoms with Crippen molar-refractivity contribution < 1.29 is 9.18 Å². The van der Waals surface area contributed by atoms with E-state index < -0.39 is 11.7 Å². The van der Waals surface area contributed by atoms with E-state index in [1.165, 1.54) is 18.2 Å². The van der Waals surface area contributed by atoms with Crippen LogP contribution in [0.2, 0.25) is 10.0 Å². The van der Waals surface area contributed by atoms with Gasteiger partial charge >= 0.3 is 0 Å². The Morgan fingerprint density at radius 2 is 2.00 bits per heavy atom. The Labute approximate surface area is 137 Å². The van der Waals surface area contributed by atoms with Crippen LogP contribution in [0, 0.1) is 5.82 Å². The van der Waals surface area contributed by atoms with Crippen LogP contribution in [0.1, 0.15) is 10.5 Å². The first-order chi connectivity index (χ1) is 9.92. The molecule has 0 spiro atoms. The zero-order valence-electron chi connectivity index (χ0n) is 10.3. The van der Waals surface area contributed by atoms with E-state index >= 15 is 0 Å². The molecular weight excluding hydrogens is 386 g/mol. The highest BCUT2D eigenvalue weighted by Crippen LogP contribution is 2.32. The lowest BCUT2D eigenvalue weighted by molar-refractivity contribution is 0.102. The molecule has 0 aliphatic heterocycles. The molecule has 4 N–H and O–H groups in total. The summed E-state index contributed by atoms with van der Waals surface area (Å²) in [4.78, 5) is 16.1. The third-order valence-electron chi connectivity index (χ3n) is 2.45. The highest BCUT2D eigenvalue weighted by Gasteiger charge is 2.17. The summed E-state index contributed by atoms with van der Waals surface area (Å²) in [6, 6.07) is 5.24. The van der Waals surface area contributed by atoms with Gasteiger partial charge in [-0.05, 0) is 40.2 Å². The van der Waals surface area contributed by atoms with E-state index in [1.54, 1.807) is 0 Å². The van der Waals surface area contributed by atoms with Crippen molar-refractivity contribution in [2.45, 2.75) is 0 Å². The molecule has 9 heteroatoms. The first kappa shape index (κ1) is 16.0. The number of carbonyl (C=O) groups is 1. The largest absolute Gasteiger partial charge is 0.318 e. The lowest BCUT2D eigenvalue weighted by atomic mass is 10.2. The van der Waals surface area contributed by atoms with E-state index in [0.29, 0.717) is 4.47 Å². The van der Waals surface area contributed by atoms with Crippen LogP contribution in [-0.4, -0.2) is 10.9 Å². The van der Waals surface area contributed by atoms with Gasteiger partial charge in [0.05, 0.1) is 15.7 Å². The minimum absolute atomic E-state index is 0.0412. The normalized spacial score (nSPS) is 10.3. The Morgan fingerprint density at radius 1 is 1.29 bits per heavy atom. The fraction of sp³-hybridized carbons (Fsp3) is 0. The number of hydrogen-bond acceptors (Lipinski definition) is 4. The summed E-state index contributed by atoms with van der Waals surface area (Å²) in [5.41, 5.74) is 2.48. The van der Waals surface area contributed by atoms with Gasteiger partial charge in [-0.3, -0.25) is 4.79 Å². The van der Waals surface area contributed by atoms with Gasteiger partial charge in [0.2, 0.25) is 0 Å². The number of nitrogens with zero attached hydrogens (tertiary/aromatic N) is 1. The first-order valence-corrected chi connectivity index (χ1v) is 7.06. The number of aromatic nitrogens is 1. The molecule has 1 heterocycles. The van der Waals surface area contributed by atoms with Gasteiger partial charge in [-0.2, -0.15) is 0 Å². The highest BCUT2D eigenvalue weighted by molar-refractivity contribution is 9.10. The molecule has 21 heavy (non-hydrogen) atoms. The summed E-state index contributed by atoms with van der Waals surface area (Å²) >= 11 is 14.9. The third-order valence-corrected chi connectivity index (χ3v) is 3.68. The number of hydrazine groups is 1. The monoisotopic (exact) mass is 392 g/mol. The van der Waals surface area contributed by atoms with Crippen LogP contribution < -0.4 is 16.6 Å². The average molecular weight is 394 g/mol. The van der Waals surface area contributed by atoms with Crippen LogP contribution >= 0.6 is 39.1 Å². The number of anilines is 2. The van der Waals surface area contributed by atoms with Crippen molar-refractivity contribution in [3.63, 3.8) is 0 Å². The van der Waals surface area contributed by atoms with Gasteiger partial charge in [0.1, 0.15) is 17.3 Å². The summed E-state index contributed by atoms with van der Waals surface area (Å²) in [7, 11) is 0. The molecular formula is C12H8BrCl2FN4O. The topological polar surface area (TPSA) is 80.0 Å². The number of hydrogen-bond donors (Lipinski definition) is 3. The van der Waals surface area contributed by atoms with Crippen molar-refractivity contribution in [1.29, 1.82) is 0 Å². The predicted molar refractivity (Wildman–Crippen MR) is 84.1 cm³/mol. The minimum atomic E-state index is -0.605. The second kappa shape index (κ2) is 6.57. The van der Waals surface area contributed by atoms with Gasteiger partial charge in [0.15, 0.2) is 0 Å². The number of nitrogens with one attached hydrogen (secondary N) is 2. The Morgan fingerprint density at radius 3 is 2.62 bits per heavy atom. The Hall–Kier alpha value is -1.41. The fourth-order valence-corrected chi connectivity index (χ4v) is 2.61. The lowest BCUT2D eigenvalue weighted by Gasteiger charge is -2.11. The maximum Gasteiger partial charge on any atom is 0.275 e. The van der Waals surface area contributed by atoms with E-state index in [9.17, 15) is 9.18 Å². The van der Waals surface area contributed by atoms with Crippen LogP contribution in [0.4, 0.5) is 15.9 Å². The molecule has 110 valence electrons. The molecule has 0 saturated heterocycles. The van der Waals surface area contributed by atoms with Crippen molar-refractivity contribution in [3.05, 3.63) is 50.3 Å². The molecule has 1 aromatic heterocycles. The molecule has 5 nitrogen and oxygen atoms in total. The molecule has 0 fully saturated rings. The molecule has 1 amide bonds. The van der Waals surface area contributed by atoms with Crippen molar-refractivity contribution in [3.8, 4) is 0 Å². The average Bonchev–Trinajstić information content (AvgIpc) is 2.43. The van der Waals surface area contributed by atoms with Crippen molar-refractivity contribution in [2.24, 2.45) is 5.84 Å². The van der Waals surface area contributed by atoms with E-state index in [4.69, 9.17) is 29.0 Å². The van der Waals surface area contributed by atoms with Crippen molar-refractivity contribution in [2.75, 3.05) is 10.7 Å². The van der Waals surface area contributed by atoms with Crippen LogP contribution in [0.3, 0.4) is 0 Å². The fourth-order valence-electron chi connectivity index (χ4n) is 1.52. The number of nitrogens with two attached hydrogens (primary N) is 1. The van der Waals surface area contributed by atoms with Crippen LogP contribution in [-0.2, 0) is 0 Å². The van der Waals surface area contributed by atoms with E-state index in [2.05, 4.69) is 31.7 Å². The summed E-state index contributed by atoms with van der Waals surface area (Å²) < 4.78 is 13.4. The van der Waals surface area contributed by atoms with Crippen LogP contribution in [0.5, 0.6) is 0 Å². The SMILES string of the molecule is NNc1ccc(Cl)c(C(=O)Nc2c(Cl)cc(F)cc2Br)n1. The highest BCUT2D eigenvalue weighted by atomic mass is 79.9. The molecule has 0 bridgehead atoms. The van der Waals surface area contributed by atoms with Gasteiger partial charge in [-0.25, -0.2) is 15.2 Å². The minimum Gasteiger partial charge on any atom is -0.318 e. The molecule has 0 aliphatic rings. The molecule has 0 unspecified atom stereocenters. The van der Waals surface area contributed by atoms with Crippen molar-refractivity contribution in [1.82, 2.24) is 4.98 Å². The van der Waals surface area contributed by atoms with E-state index in [0.717, 1.165) is 6.07 Å². The summed E-state index contributed by atoms with van der Waals surface area (Å²) in [6.07, 6.45) is 0. The molecule has 0 atom stereocenters. The standard InChI is InChI=1S/C12H8BrCl2FN4O/c13-6-3-5(16)4-8(15)10(6)19-12(21)11-7(14)1-2-9(18-11)20-17/h1-4H,17H2,(H,18,20)(H,19,21). The van der Waals surface area contributed by atoms with E-state index in [1.807, 2.05) is 0 Å². The number of amides is 1. The molecule has 2 aromatic rings. The molecule has 0 radical (unpaired) electrons. The lowest BCUT2D eigenvalue weighted by Crippen LogP contribution is -2.17. The zero-order valence-corrected chi connectivity index (χ0v) is 13.4. The molecule has 0 saturated carbocycles. The molecule has 1 aromatic carbocycles. The molecule has 2 rings (SSSR count). The maximum absolute atomic E-state index is 13.1. The maximum atomic E-state index is 13.1. The zero-order chi connectivity index (χ0) is 15.6. The van der Waals surface area contributed by atoms with E-state index in [-0.39, 0.29) is 27.2 Å². The summed E-state index contributed by atoms with van der Waals surface area (Å²) in [6.45, 7) is 0. The van der Waals surface area contributed by atoms with Gasteiger partial charge in [-0.1, -0.05) is 23.2 Å². The number of carbonyl (C=O) groups excluding carboxylic acids is 1. The number of pyridine rings is 1. The van der Waals surface area contributed by atoms with Gasteiger partial charge < -0.3 is 10.7 Å². The van der Waals surface area contributed by atoms with Gasteiger partial charge in [-0.15, -0.1) is 0 Å². The van der Waals surface area contributed by atoms with Crippen LogP contribution in [0.25, 0.3) is 0 Å². The Bertz CT molecular complexity index is 691. The first-order valence-electron chi connectivity index (χ1n) is 5.51. The summed E-state index contributed by atoms with van der Waals surface area (Å²) in [5, 5.41) is 2.70. The Balaban J connectivity index is 2.35. The van der Waals surface area contributed by atoms with Crippen LogP contribution in [0.15, 0.2) is 28.7 Å². The number of benzene rings is 1. The quantitative estimate of drug-likeness (QED) is 0.546. The van der Waals surface area contributed by atoms with Gasteiger partial charge in [0, 0.05) is 4.47 Å². The second-order valence-corrected chi connectivity index (χ2v) is 5.54. The smallest absolute Gasteiger partial charge is 0.275 e.